The number of benzene rings is 2. The van der Waals surface area contributed by atoms with Crippen LogP contribution in [0.2, 0.25) is 10.0 Å². The zero-order chi connectivity index (χ0) is 16.7. The summed E-state index contributed by atoms with van der Waals surface area (Å²) < 4.78 is 41.7. The van der Waals surface area contributed by atoms with Crippen molar-refractivity contribution >= 4 is 28.9 Å². The van der Waals surface area contributed by atoms with Gasteiger partial charge in [-0.15, -0.1) is 0 Å². The second kappa shape index (κ2) is 5.84. The van der Waals surface area contributed by atoms with E-state index in [4.69, 9.17) is 23.2 Å². The highest BCUT2D eigenvalue weighted by atomic mass is 35.5. The smallest absolute Gasteiger partial charge is 0.288 e. The molecule has 0 fully saturated rings. The van der Waals surface area contributed by atoms with E-state index in [2.05, 4.69) is 4.99 Å². The molecule has 0 aromatic heterocycles. The molecule has 1 aliphatic heterocycles. The average Bonchev–Trinajstić information content (AvgIpc) is 2.93. The summed E-state index contributed by atoms with van der Waals surface area (Å²) in [5, 5.41) is 0.369. The molecule has 1 atom stereocenters. The van der Waals surface area contributed by atoms with Gasteiger partial charge >= 0.3 is 6.18 Å². The number of aliphatic imine (C=N–C) groups is 1. The van der Waals surface area contributed by atoms with Gasteiger partial charge in [0.15, 0.2) is 0 Å². The normalized spacial score (nSPS) is 21.3. The van der Waals surface area contributed by atoms with Crippen LogP contribution in [0.4, 0.5) is 13.2 Å². The van der Waals surface area contributed by atoms with Gasteiger partial charge in [-0.1, -0.05) is 53.5 Å². The minimum atomic E-state index is -4.46. The van der Waals surface area contributed by atoms with Crippen LogP contribution in [0.1, 0.15) is 17.5 Å². The van der Waals surface area contributed by atoms with Crippen LogP contribution in [0, 0.1) is 0 Å². The molecule has 0 amide bonds. The van der Waals surface area contributed by atoms with E-state index in [0.717, 1.165) is 0 Å². The molecular formula is C17H12Cl2F3N. The van der Waals surface area contributed by atoms with Crippen molar-refractivity contribution in [2.75, 3.05) is 6.54 Å². The fourth-order valence-electron chi connectivity index (χ4n) is 2.83. The summed E-state index contributed by atoms with van der Waals surface area (Å²) >= 11 is 11.8. The van der Waals surface area contributed by atoms with E-state index in [1.165, 1.54) is 18.2 Å². The molecule has 120 valence electrons. The van der Waals surface area contributed by atoms with Gasteiger partial charge in [0.2, 0.25) is 0 Å². The Kier molecular flexibility index (Phi) is 4.15. The molecule has 3 rings (SSSR count). The highest BCUT2D eigenvalue weighted by molar-refractivity contribution is 6.34. The third kappa shape index (κ3) is 2.98. The average molecular weight is 358 g/mol. The number of hydrogen-bond acceptors (Lipinski definition) is 1. The fourth-order valence-corrected chi connectivity index (χ4v) is 3.35. The van der Waals surface area contributed by atoms with E-state index < -0.39 is 11.6 Å². The van der Waals surface area contributed by atoms with E-state index in [1.54, 1.807) is 24.3 Å². The summed E-state index contributed by atoms with van der Waals surface area (Å²) in [7, 11) is 0. The van der Waals surface area contributed by atoms with Gasteiger partial charge in [0.1, 0.15) is 5.41 Å². The summed E-state index contributed by atoms with van der Waals surface area (Å²) in [5.41, 5.74) is -0.893. The van der Waals surface area contributed by atoms with Crippen LogP contribution in [0.15, 0.2) is 53.5 Å². The Labute approximate surface area is 141 Å². The number of rotatable bonds is 2. The van der Waals surface area contributed by atoms with Crippen LogP contribution in [0.25, 0.3) is 0 Å². The first-order chi connectivity index (χ1) is 10.8. The molecular weight excluding hydrogens is 346 g/mol. The molecule has 23 heavy (non-hydrogen) atoms. The molecule has 1 aliphatic rings. The second-order valence-electron chi connectivity index (χ2n) is 5.54. The molecule has 1 unspecified atom stereocenters. The summed E-state index contributed by atoms with van der Waals surface area (Å²) in [6.45, 7) is -0.364. The van der Waals surface area contributed by atoms with E-state index in [-0.39, 0.29) is 28.6 Å². The quantitative estimate of drug-likeness (QED) is 0.654. The summed E-state index contributed by atoms with van der Waals surface area (Å²) in [5.74, 6) is 0. The predicted molar refractivity (Wildman–Crippen MR) is 86.7 cm³/mol. The lowest BCUT2D eigenvalue weighted by molar-refractivity contribution is -0.183. The number of alkyl halides is 3. The predicted octanol–water partition coefficient (Wildman–Crippen LogP) is 5.69. The highest BCUT2D eigenvalue weighted by Crippen LogP contribution is 2.48. The molecule has 0 radical (unpaired) electrons. The van der Waals surface area contributed by atoms with Gasteiger partial charge in [-0.05, 0) is 29.3 Å². The molecule has 1 heterocycles. The third-order valence-electron chi connectivity index (χ3n) is 4.07. The van der Waals surface area contributed by atoms with Crippen molar-refractivity contribution in [3.05, 3.63) is 69.7 Å². The van der Waals surface area contributed by atoms with Crippen molar-refractivity contribution in [1.29, 1.82) is 0 Å². The summed E-state index contributed by atoms with van der Waals surface area (Å²) in [6, 6.07) is 13.0. The summed E-state index contributed by atoms with van der Waals surface area (Å²) in [6.07, 6.45) is -4.68. The molecule has 0 N–H and O–H groups in total. The molecule has 6 heteroatoms. The lowest BCUT2D eigenvalue weighted by Gasteiger charge is -2.31. The molecule has 0 saturated carbocycles. The van der Waals surface area contributed by atoms with Gasteiger partial charge in [0.25, 0.3) is 0 Å². The molecule has 0 bridgehead atoms. The van der Waals surface area contributed by atoms with Gasteiger partial charge < -0.3 is 0 Å². The molecule has 0 aliphatic carbocycles. The van der Waals surface area contributed by atoms with Crippen molar-refractivity contribution < 1.29 is 13.2 Å². The van der Waals surface area contributed by atoms with Crippen LogP contribution in [0.3, 0.4) is 0 Å². The van der Waals surface area contributed by atoms with Gasteiger partial charge in [0.05, 0.1) is 6.54 Å². The standard InChI is InChI=1S/C17H12Cl2F3N/c18-13-6-12(7-14(19)8-13)16(17(20,21)22)9-15(23-10-16)11-4-2-1-3-5-11/h1-8H,9-10H2. The van der Waals surface area contributed by atoms with Gasteiger partial charge in [0, 0.05) is 22.2 Å². The molecule has 0 saturated heterocycles. The van der Waals surface area contributed by atoms with Crippen LogP contribution in [-0.2, 0) is 5.41 Å². The largest absolute Gasteiger partial charge is 0.400 e. The second-order valence-corrected chi connectivity index (χ2v) is 6.42. The van der Waals surface area contributed by atoms with Gasteiger partial charge in [-0.25, -0.2) is 0 Å². The summed E-state index contributed by atoms with van der Waals surface area (Å²) in [4.78, 5) is 4.17. The minimum absolute atomic E-state index is 0.0529. The molecule has 2 aromatic carbocycles. The van der Waals surface area contributed by atoms with Crippen molar-refractivity contribution in [1.82, 2.24) is 0 Å². The topological polar surface area (TPSA) is 12.4 Å². The highest BCUT2D eigenvalue weighted by Gasteiger charge is 2.58. The number of halogens is 5. The minimum Gasteiger partial charge on any atom is -0.288 e. The Morgan fingerprint density at radius 3 is 2.13 bits per heavy atom. The van der Waals surface area contributed by atoms with Crippen LogP contribution >= 0.6 is 23.2 Å². The lowest BCUT2D eigenvalue weighted by Crippen LogP contribution is -2.43. The van der Waals surface area contributed by atoms with Crippen molar-refractivity contribution in [3.8, 4) is 0 Å². The van der Waals surface area contributed by atoms with Crippen molar-refractivity contribution in [2.45, 2.75) is 18.0 Å². The zero-order valence-electron chi connectivity index (χ0n) is 11.9. The van der Waals surface area contributed by atoms with Crippen LogP contribution in [-0.4, -0.2) is 18.4 Å². The third-order valence-corrected chi connectivity index (χ3v) is 4.51. The Morgan fingerprint density at radius 1 is 0.957 bits per heavy atom. The Bertz CT molecular complexity index is 736. The Hall–Kier alpha value is -1.52. The monoisotopic (exact) mass is 357 g/mol. The van der Waals surface area contributed by atoms with E-state index in [1.807, 2.05) is 6.07 Å². The lowest BCUT2D eigenvalue weighted by atomic mass is 9.76. The van der Waals surface area contributed by atoms with Gasteiger partial charge in [-0.2, -0.15) is 13.2 Å². The van der Waals surface area contributed by atoms with E-state index in [9.17, 15) is 13.2 Å². The zero-order valence-corrected chi connectivity index (χ0v) is 13.4. The molecule has 0 spiro atoms. The molecule has 1 nitrogen and oxygen atoms in total. The van der Waals surface area contributed by atoms with Crippen LogP contribution in [0.5, 0.6) is 0 Å². The SMILES string of the molecule is FC(F)(F)C1(c2cc(Cl)cc(Cl)c2)CN=C(c2ccccc2)C1. The molecule has 2 aromatic rings. The maximum atomic E-state index is 13.9. The Balaban J connectivity index is 2.05. The van der Waals surface area contributed by atoms with Gasteiger partial charge in [-0.3, -0.25) is 4.99 Å². The first-order valence-electron chi connectivity index (χ1n) is 6.94. The fraction of sp³-hybridized carbons (Fsp3) is 0.235. The first-order valence-corrected chi connectivity index (χ1v) is 7.69. The maximum absolute atomic E-state index is 13.9. The van der Waals surface area contributed by atoms with E-state index in [0.29, 0.717) is 11.3 Å². The van der Waals surface area contributed by atoms with Crippen molar-refractivity contribution in [3.63, 3.8) is 0 Å². The maximum Gasteiger partial charge on any atom is 0.400 e. The van der Waals surface area contributed by atoms with E-state index >= 15 is 0 Å². The Morgan fingerprint density at radius 2 is 1.57 bits per heavy atom. The van der Waals surface area contributed by atoms with Crippen LogP contribution < -0.4 is 0 Å². The van der Waals surface area contributed by atoms with Crippen molar-refractivity contribution in [2.24, 2.45) is 4.99 Å². The number of nitrogens with zero attached hydrogens (tertiary/aromatic N) is 1. The number of hydrogen-bond donors (Lipinski definition) is 0. The first kappa shape index (κ1) is 16.3.